The third-order valence-corrected chi connectivity index (χ3v) is 9.53. The molecule has 0 aliphatic heterocycles. The van der Waals surface area contributed by atoms with Gasteiger partial charge in [0.25, 0.3) is 0 Å². The van der Waals surface area contributed by atoms with Crippen molar-refractivity contribution in [2.45, 2.75) is 23.2 Å². The van der Waals surface area contributed by atoms with Gasteiger partial charge in [-0.15, -0.1) is 0 Å². The van der Waals surface area contributed by atoms with Gasteiger partial charge in [0.1, 0.15) is 0 Å². The summed E-state index contributed by atoms with van der Waals surface area (Å²) >= 11 is -1.01. The topological polar surface area (TPSA) is 0 Å². The van der Waals surface area contributed by atoms with Gasteiger partial charge >= 0.3 is 90.7 Å². The standard InChI is InChI=1S/C10H13.ClH.Hg/c1-10(2,3)9-7-5-4-6-8-9;;/h4-8H,1H2,2-3H3;1H;/q;;+1/p-1. The van der Waals surface area contributed by atoms with E-state index in [9.17, 15) is 0 Å². The van der Waals surface area contributed by atoms with E-state index in [-0.39, 0.29) is 0 Å². The van der Waals surface area contributed by atoms with Crippen molar-refractivity contribution in [3.8, 4) is 0 Å². The Bertz CT molecular complexity index is 231. The average Bonchev–Trinajstić information content (AvgIpc) is 2.06. The van der Waals surface area contributed by atoms with E-state index in [1.807, 2.05) is 0 Å². The summed E-state index contributed by atoms with van der Waals surface area (Å²) in [7, 11) is 5.96. The van der Waals surface area contributed by atoms with Crippen LogP contribution < -0.4 is 0 Å². The molecular formula is C10H13ClHg. The molecule has 0 fully saturated rings. The quantitative estimate of drug-likeness (QED) is 0.714. The number of hydrogen-bond donors (Lipinski definition) is 0. The van der Waals surface area contributed by atoms with Crippen molar-refractivity contribution in [2.24, 2.45) is 0 Å². The average molecular weight is 369 g/mol. The molecule has 1 rings (SSSR count). The Morgan fingerprint density at radius 1 is 1.25 bits per heavy atom. The van der Waals surface area contributed by atoms with Crippen LogP contribution >= 0.6 is 8.25 Å². The summed E-state index contributed by atoms with van der Waals surface area (Å²) in [5, 5.41) is 0. The van der Waals surface area contributed by atoms with Crippen molar-refractivity contribution in [2.75, 3.05) is 0 Å². The van der Waals surface area contributed by atoms with Crippen LogP contribution in [0.1, 0.15) is 19.4 Å². The van der Waals surface area contributed by atoms with Crippen LogP contribution in [0.25, 0.3) is 0 Å². The number of halogens is 1. The van der Waals surface area contributed by atoms with Gasteiger partial charge < -0.3 is 0 Å². The molecule has 0 nitrogen and oxygen atoms in total. The zero-order valence-electron chi connectivity index (χ0n) is 7.68. The van der Waals surface area contributed by atoms with E-state index < -0.39 is 23.3 Å². The summed E-state index contributed by atoms with van der Waals surface area (Å²) in [4.78, 5) is 0. The van der Waals surface area contributed by atoms with E-state index in [0.717, 1.165) is 0 Å². The molecule has 62 valence electrons. The minimum absolute atomic E-state index is 0.310. The molecule has 0 amide bonds. The third-order valence-electron chi connectivity index (χ3n) is 2.27. The summed E-state index contributed by atoms with van der Waals surface area (Å²) in [6.45, 7) is 4.56. The van der Waals surface area contributed by atoms with Crippen LogP contribution in [-0.4, -0.2) is 0 Å². The van der Waals surface area contributed by atoms with Gasteiger partial charge in [-0.05, 0) is 0 Å². The van der Waals surface area contributed by atoms with Gasteiger partial charge in [-0.2, -0.15) is 0 Å². The van der Waals surface area contributed by atoms with Crippen LogP contribution in [0.4, 0.5) is 0 Å². The minimum atomic E-state index is -1.01. The molecular weight excluding hydrogens is 356 g/mol. The molecule has 0 aliphatic rings. The molecule has 0 aliphatic carbocycles. The predicted octanol–water partition coefficient (Wildman–Crippen LogP) is 3.62. The first-order chi connectivity index (χ1) is 5.67. The van der Waals surface area contributed by atoms with E-state index in [0.29, 0.717) is 5.41 Å². The van der Waals surface area contributed by atoms with E-state index in [1.54, 1.807) is 0 Å². The fourth-order valence-corrected chi connectivity index (χ4v) is 8.37. The monoisotopic (exact) mass is 370 g/mol. The molecule has 0 spiro atoms. The molecule has 0 N–H and O–H groups in total. The van der Waals surface area contributed by atoms with Gasteiger partial charge in [-0.3, -0.25) is 0 Å². The molecule has 0 heterocycles. The fourth-order valence-electron chi connectivity index (χ4n) is 1.27. The molecule has 0 saturated heterocycles. The van der Waals surface area contributed by atoms with Crippen molar-refractivity contribution in [3.63, 3.8) is 0 Å². The van der Waals surface area contributed by atoms with Crippen LogP contribution in [0.3, 0.4) is 0 Å². The van der Waals surface area contributed by atoms with Gasteiger partial charge in [0.05, 0.1) is 0 Å². The van der Waals surface area contributed by atoms with Gasteiger partial charge in [0, 0.05) is 0 Å². The van der Waals surface area contributed by atoms with E-state index >= 15 is 0 Å². The maximum absolute atomic E-state index is 5.96. The van der Waals surface area contributed by atoms with Gasteiger partial charge in [-0.25, -0.2) is 0 Å². The van der Waals surface area contributed by atoms with Crippen molar-refractivity contribution < 1.29 is 23.3 Å². The first-order valence-electron chi connectivity index (χ1n) is 4.28. The maximum atomic E-state index is 5.96. The van der Waals surface area contributed by atoms with Gasteiger partial charge in [-0.1, -0.05) is 0 Å². The van der Waals surface area contributed by atoms with Gasteiger partial charge in [0.15, 0.2) is 0 Å². The van der Waals surface area contributed by atoms with E-state index in [4.69, 9.17) is 8.25 Å². The van der Waals surface area contributed by atoms with Crippen molar-refractivity contribution in [3.05, 3.63) is 35.9 Å². The van der Waals surface area contributed by atoms with Crippen molar-refractivity contribution >= 4 is 8.25 Å². The predicted molar refractivity (Wildman–Crippen MR) is 50.1 cm³/mol. The zero-order valence-corrected chi connectivity index (χ0v) is 13.9. The second-order valence-corrected chi connectivity index (χ2v) is 10.4. The molecule has 0 atom stereocenters. The molecule has 12 heavy (non-hydrogen) atoms. The van der Waals surface area contributed by atoms with Crippen molar-refractivity contribution in [1.82, 2.24) is 0 Å². The van der Waals surface area contributed by atoms with Crippen LogP contribution in [0.5, 0.6) is 0 Å². The van der Waals surface area contributed by atoms with E-state index in [1.165, 1.54) is 9.49 Å². The van der Waals surface area contributed by atoms with Gasteiger partial charge in [0.2, 0.25) is 0 Å². The first-order valence-corrected chi connectivity index (χ1v) is 14.9. The summed E-state index contributed by atoms with van der Waals surface area (Å²) < 4.78 is 1.25. The number of rotatable bonds is 3. The summed E-state index contributed by atoms with van der Waals surface area (Å²) in [6.07, 6.45) is 0. The third kappa shape index (κ3) is 2.74. The molecule has 0 radical (unpaired) electrons. The fraction of sp³-hybridized carbons (Fsp3) is 0.400. The molecule has 1 aromatic rings. The van der Waals surface area contributed by atoms with Crippen LogP contribution in [-0.2, 0) is 28.8 Å². The summed E-state index contributed by atoms with van der Waals surface area (Å²) in [5.74, 6) is 0. The zero-order chi connectivity index (χ0) is 9.03. The Morgan fingerprint density at radius 3 is 2.33 bits per heavy atom. The number of benzene rings is 1. The molecule has 0 bridgehead atoms. The molecule has 1 aromatic carbocycles. The summed E-state index contributed by atoms with van der Waals surface area (Å²) in [6, 6.07) is 10.6. The first kappa shape index (κ1) is 10.5. The Balaban J connectivity index is 2.82. The Morgan fingerprint density at radius 2 is 1.83 bits per heavy atom. The second-order valence-electron chi connectivity index (χ2n) is 3.69. The second kappa shape index (κ2) is 4.62. The molecule has 0 saturated carbocycles. The Kier molecular flexibility index (Phi) is 4.05. The normalized spacial score (nSPS) is 10.9. The van der Waals surface area contributed by atoms with E-state index in [2.05, 4.69) is 44.2 Å². The van der Waals surface area contributed by atoms with Crippen LogP contribution in [0.2, 0.25) is 3.93 Å². The molecule has 0 aromatic heterocycles. The summed E-state index contributed by atoms with van der Waals surface area (Å²) in [5.41, 5.74) is 1.73. The Labute approximate surface area is 90.2 Å². The number of hydrogen-bond acceptors (Lipinski definition) is 0. The molecule has 0 unspecified atom stereocenters. The van der Waals surface area contributed by atoms with Crippen LogP contribution in [0.15, 0.2) is 30.3 Å². The van der Waals surface area contributed by atoms with Crippen molar-refractivity contribution in [1.29, 1.82) is 0 Å². The Hall–Kier alpha value is 0.445. The van der Waals surface area contributed by atoms with Crippen LogP contribution in [0, 0.1) is 0 Å². The SMILES string of the molecule is CC(C)([CH2][Hg][Cl])c1ccccc1. The molecule has 2 heteroatoms.